The number of amides is 3. The SMILES string of the molecule is CC1(C)C[N+]2(C(=O)O)C(=O)C(NC(=O)COc3ccccc3)[C@@H]2S1=O. The second kappa shape index (κ2) is 5.92. The molecule has 2 N–H and O–H groups in total. The van der Waals surface area contributed by atoms with Gasteiger partial charge in [0.2, 0.25) is 11.4 Å². The van der Waals surface area contributed by atoms with Gasteiger partial charge in [0.15, 0.2) is 6.61 Å². The number of rotatable bonds is 4. The molecule has 3 rings (SSSR count). The first-order chi connectivity index (χ1) is 11.7. The number of carbonyl (C=O) groups is 3. The number of fused-ring (bicyclic) bond motifs is 1. The van der Waals surface area contributed by atoms with Crippen molar-refractivity contribution in [2.75, 3.05) is 13.2 Å². The standard InChI is InChI=1S/C16H18N2O6S/c1-16(2)9-18(15(21)22)13(20)12(14(18)25(16)23)17-11(19)8-24-10-6-4-3-5-7-10/h3-7,12,14H,8-9H2,1-2H3,(H-,17,19,21,22)/p+1/t12?,14-,18?,25?/m0/s1. The number of carbonyl (C=O) groups excluding carboxylic acids is 2. The zero-order valence-corrected chi connectivity index (χ0v) is 14.6. The van der Waals surface area contributed by atoms with Crippen LogP contribution in [0.25, 0.3) is 0 Å². The largest absolute Gasteiger partial charge is 0.522 e. The van der Waals surface area contributed by atoms with Crippen molar-refractivity contribution >= 4 is 28.7 Å². The number of para-hydroxylation sites is 1. The van der Waals surface area contributed by atoms with Crippen LogP contribution >= 0.6 is 0 Å². The van der Waals surface area contributed by atoms with Crippen molar-refractivity contribution in [3.8, 4) is 5.75 Å². The summed E-state index contributed by atoms with van der Waals surface area (Å²) in [6.45, 7) is 2.96. The molecule has 8 nitrogen and oxygen atoms in total. The first-order valence-electron chi connectivity index (χ1n) is 7.74. The van der Waals surface area contributed by atoms with Crippen molar-refractivity contribution in [1.82, 2.24) is 5.32 Å². The van der Waals surface area contributed by atoms with Crippen molar-refractivity contribution in [2.24, 2.45) is 0 Å². The Hall–Kier alpha value is -2.26. The predicted octanol–water partition coefficient (Wildman–Crippen LogP) is 0.452. The van der Waals surface area contributed by atoms with E-state index in [0.717, 1.165) is 0 Å². The number of hydrogen-bond donors (Lipinski definition) is 2. The fourth-order valence-electron chi connectivity index (χ4n) is 3.40. The van der Waals surface area contributed by atoms with E-state index >= 15 is 0 Å². The number of imide groups is 1. The van der Waals surface area contributed by atoms with Gasteiger partial charge in [-0.2, -0.15) is 4.79 Å². The molecular weight excluding hydrogens is 348 g/mol. The van der Waals surface area contributed by atoms with E-state index in [1.54, 1.807) is 44.2 Å². The molecule has 2 saturated heterocycles. The molecule has 0 radical (unpaired) electrons. The van der Waals surface area contributed by atoms with E-state index in [4.69, 9.17) is 4.74 Å². The third-order valence-corrected chi connectivity index (χ3v) is 6.83. The van der Waals surface area contributed by atoms with Crippen molar-refractivity contribution in [3.05, 3.63) is 30.3 Å². The topological polar surface area (TPSA) is 110 Å². The van der Waals surface area contributed by atoms with Crippen LogP contribution in [0.2, 0.25) is 0 Å². The summed E-state index contributed by atoms with van der Waals surface area (Å²) in [5.74, 6) is -0.713. The van der Waals surface area contributed by atoms with Crippen molar-refractivity contribution in [2.45, 2.75) is 30.0 Å². The van der Waals surface area contributed by atoms with E-state index in [1.807, 2.05) is 0 Å². The Bertz CT molecular complexity index is 765. The molecule has 0 spiro atoms. The van der Waals surface area contributed by atoms with Gasteiger partial charge in [0.05, 0.1) is 15.5 Å². The van der Waals surface area contributed by atoms with Gasteiger partial charge in [-0.05, 0) is 26.0 Å². The van der Waals surface area contributed by atoms with Crippen LogP contribution in [0, 0.1) is 0 Å². The minimum Gasteiger partial charge on any atom is -0.484 e. The summed E-state index contributed by atoms with van der Waals surface area (Å²) in [6, 6.07) is 7.60. The Morgan fingerprint density at radius 1 is 1.36 bits per heavy atom. The van der Waals surface area contributed by atoms with Crippen molar-refractivity contribution < 1.29 is 32.9 Å². The Morgan fingerprint density at radius 2 is 2.00 bits per heavy atom. The normalized spacial score (nSPS) is 32.4. The Balaban J connectivity index is 1.70. The number of nitrogens with one attached hydrogen (secondary N) is 1. The van der Waals surface area contributed by atoms with Crippen LogP contribution < -0.4 is 10.1 Å². The first kappa shape index (κ1) is 17.6. The van der Waals surface area contributed by atoms with Crippen LogP contribution in [-0.4, -0.2) is 61.0 Å². The molecule has 3 amide bonds. The molecule has 0 aromatic heterocycles. The average Bonchev–Trinajstić information content (AvgIpc) is 2.77. The fourth-order valence-corrected chi connectivity index (χ4v) is 5.41. The third-order valence-electron chi connectivity index (χ3n) is 4.54. The molecule has 0 aliphatic carbocycles. The summed E-state index contributed by atoms with van der Waals surface area (Å²) in [5.41, 5.74) is 0. The number of benzene rings is 1. The molecule has 1 aromatic rings. The molecule has 0 bridgehead atoms. The second-order valence-corrected chi connectivity index (χ2v) is 8.93. The maximum atomic E-state index is 12.6. The van der Waals surface area contributed by atoms with E-state index in [9.17, 15) is 23.7 Å². The summed E-state index contributed by atoms with van der Waals surface area (Å²) >= 11 is 0. The zero-order chi connectivity index (χ0) is 18.4. The van der Waals surface area contributed by atoms with E-state index in [1.165, 1.54) is 0 Å². The smallest absolute Gasteiger partial charge is 0.484 e. The van der Waals surface area contributed by atoms with Gasteiger partial charge in [-0.15, -0.1) is 4.48 Å². The quantitative estimate of drug-likeness (QED) is 0.591. The molecule has 2 aliphatic heterocycles. The molecule has 25 heavy (non-hydrogen) atoms. The summed E-state index contributed by atoms with van der Waals surface area (Å²) in [5, 5.41) is 11.0. The molecule has 134 valence electrons. The lowest BCUT2D eigenvalue weighted by atomic mass is 10.00. The Morgan fingerprint density at radius 3 is 2.60 bits per heavy atom. The van der Waals surface area contributed by atoms with Gasteiger partial charge >= 0.3 is 12.0 Å². The molecule has 9 heteroatoms. The predicted molar refractivity (Wildman–Crippen MR) is 88.0 cm³/mol. The monoisotopic (exact) mass is 367 g/mol. The number of carboxylic acid groups (broad SMARTS) is 1. The Kier molecular flexibility index (Phi) is 4.16. The van der Waals surface area contributed by atoms with Crippen LogP contribution in [0.1, 0.15) is 13.8 Å². The van der Waals surface area contributed by atoms with Gasteiger partial charge in [-0.3, -0.25) is 9.00 Å². The van der Waals surface area contributed by atoms with Crippen LogP contribution in [0.5, 0.6) is 5.75 Å². The number of hydrogen-bond acceptors (Lipinski definition) is 5. The number of ether oxygens (including phenoxy) is 1. The number of quaternary nitrogens is 1. The molecular formula is C16H19N2O6S+. The molecule has 2 aliphatic rings. The number of nitrogens with zero attached hydrogens (tertiary/aromatic N) is 1. The fraction of sp³-hybridized carbons (Fsp3) is 0.438. The van der Waals surface area contributed by atoms with Gasteiger partial charge < -0.3 is 15.2 Å². The van der Waals surface area contributed by atoms with Crippen molar-refractivity contribution in [1.29, 1.82) is 0 Å². The lowest BCUT2D eigenvalue weighted by Crippen LogP contribution is -2.81. The maximum Gasteiger partial charge on any atom is 0.522 e. The van der Waals surface area contributed by atoms with Crippen molar-refractivity contribution in [3.63, 3.8) is 0 Å². The van der Waals surface area contributed by atoms with Crippen LogP contribution in [0.3, 0.4) is 0 Å². The molecule has 1 aromatic carbocycles. The molecule has 3 unspecified atom stereocenters. The van der Waals surface area contributed by atoms with Crippen LogP contribution in [0.4, 0.5) is 4.79 Å². The third kappa shape index (κ3) is 2.63. The van der Waals surface area contributed by atoms with Gasteiger partial charge in [0, 0.05) is 0 Å². The van der Waals surface area contributed by atoms with Gasteiger partial charge in [0.1, 0.15) is 12.3 Å². The highest BCUT2D eigenvalue weighted by molar-refractivity contribution is 7.87. The molecule has 2 heterocycles. The summed E-state index contributed by atoms with van der Waals surface area (Å²) in [7, 11) is -1.57. The highest BCUT2D eigenvalue weighted by atomic mass is 32.2. The lowest BCUT2D eigenvalue weighted by Gasteiger charge is -2.43. The van der Waals surface area contributed by atoms with E-state index in [2.05, 4.69) is 5.32 Å². The first-order valence-corrected chi connectivity index (χ1v) is 8.95. The minimum absolute atomic E-state index is 0.0503. The minimum atomic E-state index is -1.57. The van der Waals surface area contributed by atoms with Gasteiger partial charge in [-0.1, -0.05) is 18.2 Å². The summed E-state index contributed by atoms with van der Waals surface area (Å²) < 4.78 is 16.2. The maximum absolute atomic E-state index is 12.6. The van der Waals surface area contributed by atoms with Crippen LogP contribution in [0.15, 0.2) is 30.3 Å². The van der Waals surface area contributed by atoms with E-state index in [-0.39, 0.29) is 13.2 Å². The lowest BCUT2D eigenvalue weighted by molar-refractivity contribution is -0.819. The highest BCUT2D eigenvalue weighted by Gasteiger charge is 2.79. The number of β-lactam (4-membered cyclic amide) rings is 1. The molecule has 2 fully saturated rings. The van der Waals surface area contributed by atoms with Gasteiger partial charge in [-0.25, -0.2) is 4.79 Å². The second-order valence-electron chi connectivity index (χ2n) is 6.74. The van der Waals surface area contributed by atoms with Crippen LogP contribution in [-0.2, 0) is 20.4 Å². The summed E-state index contributed by atoms with van der Waals surface area (Å²) in [6.07, 6.45) is -1.33. The highest BCUT2D eigenvalue weighted by Crippen LogP contribution is 2.45. The molecule has 4 atom stereocenters. The summed E-state index contributed by atoms with van der Waals surface area (Å²) in [4.78, 5) is 36.2. The van der Waals surface area contributed by atoms with E-state index < -0.39 is 49.4 Å². The Labute approximate surface area is 146 Å². The zero-order valence-electron chi connectivity index (χ0n) is 13.8. The average molecular weight is 367 g/mol. The van der Waals surface area contributed by atoms with E-state index in [0.29, 0.717) is 5.75 Å². The molecule has 0 saturated carbocycles. The van der Waals surface area contributed by atoms with Gasteiger partial charge in [0.25, 0.3) is 5.91 Å².